The van der Waals surface area contributed by atoms with Crippen LogP contribution in [0.3, 0.4) is 0 Å². The first-order valence-corrected chi connectivity index (χ1v) is 7.14. The zero-order valence-corrected chi connectivity index (χ0v) is 12.9. The molecule has 0 spiro atoms. The van der Waals surface area contributed by atoms with Crippen LogP contribution in [0.5, 0.6) is 11.6 Å². The van der Waals surface area contributed by atoms with E-state index in [-0.39, 0.29) is 0 Å². The second-order valence-electron chi connectivity index (χ2n) is 4.53. The summed E-state index contributed by atoms with van der Waals surface area (Å²) in [6.45, 7) is 1.98. The summed E-state index contributed by atoms with van der Waals surface area (Å²) in [5, 5.41) is 0.830. The van der Waals surface area contributed by atoms with Gasteiger partial charge in [-0.3, -0.25) is 5.43 Å². The monoisotopic (exact) mass is 344 g/mol. The molecular weight excluding hydrogens is 332 g/mol. The summed E-state index contributed by atoms with van der Waals surface area (Å²) < 4.78 is 6.91. The van der Waals surface area contributed by atoms with Gasteiger partial charge in [-0.25, -0.2) is 10.8 Å². The molecule has 1 heterocycles. The van der Waals surface area contributed by atoms with Gasteiger partial charge in [0.25, 0.3) is 0 Å². The van der Waals surface area contributed by atoms with Crippen molar-refractivity contribution in [1.29, 1.82) is 0 Å². The largest absolute Gasteiger partial charge is 0.438 e. The Morgan fingerprint density at radius 3 is 2.76 bits per heavy atom. The molecule has 1 aromatic heterocycles. The number of anilines is 1. The highest BCUT2D eigenvalue weighted by Gasteiger charge is 2.10. The molecule has 3 rings (SSSR count). The summed E-state index contributed by atoms with van der Waals surface area (Å²) >= 11 is 3.44. The van der Waals surface area contributed by atoms with E-state index in [0.717, 1.165) is 26.7 Å². The molecule has 21 heavy (non-hydrogen) atoms. The van der Waals surface area contributed by atoms with Gasteiger partial charge in [0.05, 0.1) is 10.9 Å². The molecule has 0 radical (unpaired) electrons. The average Bonchev–Trinajstić information content (AvgIpc) is 2.50. The van der Waals surface area contributed by atoms with Crippen LogP contribution in [0.1, 0.15) is 5.56 Å². The van der Waals surface area contributed by atoms with Gasteiger partial charge in [0.15, 0.2) is 0 Å². The molecule has 0 bridgehead atoms. The topological polar surface area (TPSA) is 73.1 Å². The van der Waals surface area contributed by atoms with Gasteiger partial charge >= 0.3 is 0 Å². The highest BCUT2D eigenvalue weighted by molar-refractivity contribution is 9.10. The second-order valence-corrected chi connectivity index (χ2v) is 5.44. The van der Waals surface area contributed by atoms with Crippen LogP contribution < -0.4 is 16.0 Å². The fourth-order valence-corrected chi connectivity index (χ4v) is 2.32. The number of nitrogen functional groups attached to an aromatic ring is 1. The first-order chi connectivity index (χ1) is 10.2. The first kappa shape index (κ1) is 13.8. The molecule has 0 fully saturated rings. The Bertz CT molecular complexity index is 807. The zero-order chi connectivity index (χ0) is 14.8. The highest BCUT2D eigenvalue weighted by atomic mass is 79.9. The normalized spacial score (nSPS) is 10.6. The van der Waals surface area contributed by atoms with Crippen LogP contribution in [0.15, 0.2) is 46.9 Å². The Kier molecular flexibility index (Phi) is 3.72. The number of para-hydroxylation sites is 1. The van der Waals surface area contributed by atoms with E-state index >= 15 is 0 Å². The molecule has 6 heteroatoms. The van der Waals surface area contributed by atoms with E-state index in [1.54, 1.807) is 0 Å². The maximum absolute atomic E-state index is 5.97. The average molecular weight is 345 g/mol. The number of benzene rings is 2. The molecule has 2 aromatic carbocycles. The number of hydrogen-bond donors (Lipinski definition) is 2. The quantitative estimate of drug-likeness (QED) is 0.558. The lowest BCUT2D eigenvalue weighted by Gasteiger charge is -2.11. The van der Waals surface area contributed by atoms with Crippen molar-refractivity contribution < 1.29 is 4.74 Å². The molecule has 0 saturated carbocycles. The molecule has 3 aromatic rings. The van der Waals surface area contributed by atoms with Gasteiger partial charge in [-0.2, -0.15) is 4.98 Å². The molecule has 0 aliphatic rings. The van der Waals surface area contributed by atoms with Crippen LogP contribution in [0.25, 0.3) is 10.9 Å². The SMILES string of the molecule is Cc1ccc(Br)cc1Oc1nc(NN)nc2ccccc12. The maximum Gasteiger partial charge on any atom is 0.241 e. The molecule has 0 unspecified atom stereocenters. The van der Waals surface area contributed by atoms with E-state index in [4.69, 9.17) is 10.6 Å². The number of rotatable bonds is 3. The predicted octanol–water partition coefficient (Wildman–Crippen LogP) is 3.78. The van der Waals surface area contributed by atoms with Crippen LogP contribution >= 0.6 is 15.9 Å². The Morgan fingerprint density at radius 2 is 1.95 bits per heavy atom. The lowest BCUT2D eigenvalue weighted by molar-refractivity contribution is 0.465. The molecule has 5 nitrogen and oxygen atoms in total. The van der Waals surface area contributed by atoms with Gasteiger partial charge in [-0.05, 0) is 36.8 Å². The number of aromatic nitrogens is 2. The van der Waals surface area contributed by atoms with Crippen LogP contribution in [0, 0.1) is 6.92 Å². The molecule has 106 valence electrons. The molecule has 0 aliphatic carbocycles. The summed E-state index contributed by atoms with van der Waals surface area (Å²) in [6, 6.07) is 13.5. The van der Waals surface area contributed by atoms with Gasteiger partial charge < -0.3 is 4.74 Å². The Hall–Kier alpha value is -2.18. The maximum atomic E-state index is 5.97. The number of hydrazine groups is 1. The highest BCUT2D eigenvalue weighted by Crippen LogP contribution is 2.31. The van der Waals surface area contributed by atoms with Gasteiger partial charge in [0.2, 0.25) is 11.8 Å². The van der Waals surface area contributed by atoms with Gasteiger partial charge in [0.1, 0.15) is 5.75 Å². The summed E-state index contributed by atoms with van der Waals surface area (Å²) in [7, 11) is 0. The summed E-state index contributed by atoms with van der Waals surface area (Å²) in [6.07, 6.45) is 0. The number of hydrogen-bond acceptors (Lipinski definition) is 5. The van der Waals surface area contributed by atoms with Gasteiger partial charge in [-0.15, -0.1) is 0 Å². The summed E-state index contributed by atoms with van der Waals surface area (Å²) in [4.78, 5) is 8.60. The van der Waals surface area contributed by atoms with Crippen molar-refractivity contribution in [2.24, 2.45) is 5.84 Å². The minimum absolute atomic E-state index is 0.316. The lowest BCUT2D eigenvalue weighted by Crippen LogP contribution is -2.11. The summed E-state index contributed by atoms with van der Waals surface area (Å²) in [5.74, 6) is 6.94. The third-order valence-corrected chi connectivity index (χ3v) is 3.55. The molecular formula is C15H13BrN4O. The fraction of sp³-hybridized carbons (Fsp3) is 0.0667. The molecule has 3 N–H and O–H groups in total. The minimum Gasteiger partial charge on any atom is -0.438 e. The van der Waals surface area contributed by atoms with Crippen molar-refractivity contribution >= 4 is 32.8 Å². The number of nitrogens with zero attached hydrogens (tertiary/aromatic N) is 2. The van der Waals surface area contributed by atoms with Crippen molar-refractivity contribution in [3.05, 3.63) is 52.5 Å². The predicted molar refractivity (Wildman–Crippen MR) is 86.3 cm³/mol. The van der Waals surface area contributed by atoms with Crippen LogP contribution in [0.4, 0.5) is 5.95 Å². The third kappa shape index (κ3) is 2.81. The number of ether oxygens (including phenoxy) is 1. The number of nitrogens with one attached hydrogen (secondary N) is 1. The number of fused-ring (bicyclic) bond motifs is 1. The molecule has 0 atom stereocenters. The van der Waals surface area contributed by atoms with E-state index in [2.05, 4.69) is 31.3 Å². The number of nitrogens with two attached hydrogens (primary N) is 1. The Morgan fingerprint density at radius 1 is 1.14 bits per heavy atom. The van der Waals surface area contributed by atoms with Gasteiger partial charge in [-0.1, -0.05) is 34.1 Å². The fourth-order valence-electron chi connectivity index (χ4n) is 1.98. The van der Waals surface area contributed by atoms with E-state index in [9.17, 15) is 0 Å². The van der Waals surface area contributed by atoms with Crippen molar-refractivity contribution in [3.63, 3.8) is 0 Å². The van der Waals surface area contributed by atoms with Crippen LogP contribution in [-0.4, -0.2) is 9.97 Å². The second kappa shape index (κ2) is 5.67. The van der Waals surface area contributed by atoms with Crippen molar-refractivity contribution in [1.82, 2.24) is 9.97 Å². The van der Waals surface area contributed by atoms with E-state index in [1.807, 2.05) is 49.4 Å². The van der Waals surface area contributed by atoms with E-state index in [0.29, 0.717) is 11.8 Å². The van der Waals surface area contributed by atoms with Crippen LogP contribution in [0.2, 0.25) is 0 Å². The Labute approximate surface area is 130 Å². The lowest BCUT2D eigenvalue weighted by atomic mass is 10.2. The summed E-state index contributed by atoms with van der Waals surface area (Å²) in [5.41, 5.74) is 4.24. The first-order valence-electron chi connectivity index (χ1n) is 6.35. The van der Waals surface area contributed by atoms with E-state index in [1.165, 1.54) is 0 Å². The van der Waals surface area contributed by atoms with Crippen molar-refractivity contribution in [2.75, 3.05) is 5.43 Å². The molecule has 0 saturated heterocycles. The van der Waals surface area contributed by atoms with Gasteiger partial charge in [0, 0.05) is 4.47 Å². The third-order valence-electron chi connectivity index (χ3n) is 3.05. The number of aryl methyl sites for hydroxylation is 1. The number of halogens is 1. The smallest absolute Gasteiger partial charge is 0.241 e. The minimum atomic E-state index is 0.316. The van der Waals surface area contributed by atoms with Crippen molar-refractivity contribution in [2.45, 2.75) is 6.92 Å². The molecule has 0 aliphatic heterocycles. The van der Waals surface area contributed by atoms with E-state index < -0.39 is 0 Å². The molecule has 0 amide bonds. The van der Waals surface area contributed by atoms with Crippen LogP contribution in [-0.2, 0) is 0 Å². The standard InChI is InChI=1S/C15H13BrN4O/c1-9-6-7-10(16)8-13(9)21-14-11-4-2-3-5-12(11)18-15(19-14)20-17/h2-8H,17H2,1H3,(H,18,19,20). The zero-order valence-electron chi connectivity index (χ0n) is 11.3. The Balaban J connectivity index is 2.13. The van der Waals surface area contributed by atoms with Crippen molar-refractivity contribution in [3.8, 4) is 11.6 Å².